The number of carbonyl (C=O) groups is 3. The van der Waals surface area contributed by atoms with Crippen LogP contribution in [0.2, 0.25) is 0 Å². The van der Waals surface area contributed by atoms with Gasteiger partial charge in [-0.3, -0.25) is 14.4 Å². The Bertz CT molecular complexity index is 1370. The number of benzene rings is 2. The predicted molar refractivity (Wildman–Crippen MR) is 174 cm³/mol. The van der Waals surface area contributed by atoms with Crippen molar-refractivity contribution in [2.75, 3.05) is 20.1 Å². The van der Waals surface area contributed by atoms with Crippen LogP contribution in [0.1, 0.15) is 75.5 Å². The molecule has 2 aromatic rings. The van der Waals surface area contributed by atoms with Gasteiger partial charge in [0.25, 0.3) is 0 Å². The van der Waals surface area contributed by atoms with Gasteiger partial charge in [-0.05, 0) is 87.1 Å². The van der Waals surface area contributed by atoms with Crippen LogP contribution in [0, 0.1) is 11.7 Å². The van der Waals surface area contributed by atoms with Gasteiger partial charge < -0.3 is 30.7 Å². The van der Waals surface area contributed by atoms with Crippen LogP contribution in [-0.2, 0) is 33.6 Å². The number of fused-ring (bicyclic) bond motifs is 1. The van der Waals surface area contributed by atoms with Gasteiger partial charge in [0.15, 0.2) is 0 Å². The molecule has 3 aliphatic rings. The number of amides is 3. The van der Waals surface area contributed by atoms with Crippen molar-refractivity contribution in [3.8, 4) is 5.75 Å². The zero-order chi connectivity index (χ0) is 32.8. The van der Waals surface area contributed by atoms with E-state index in [1.54, 1.807) is 19.2 Å². The molecule has 46 heavy (non-hydrogen) atoms. The molecule has 2 aliphatic heterocycles. The number of likely N-dealkylation sites (N-methyl/N-ethyl adjacent to an activating group) is 1. The molecule has 1 saturated carbocycles. The number of hydrogen-bond donors (Lipinski definition) is 4. The molecule has 9 nitrogen and oxygen atoms in total. The second-order valence-corrected chi connectivity index (χ2v) is 13.8. The van der Waals surface area contributed by atoms with Gasteiger partial charge in [-0.2, -0.15) is 0 Å². The monoisotopic (exact) mass is 636 g/mol. The Balaban J connectivity index is 1.48. The van der Waals surface area contributed by atoms with Crippen molar-refractivity contribution in [1.29, 1.82) is 0 Å². The number of halogens is 1. The first-order chi connectivity index (χ1) is 22.0. The lowest BCUT2D eigenvalue weighted by Crippen LogP contribution is -2.64. The first-order valence-corrected chi connectivity index (χ1v) is 16.8. The van der Waals surface area contributed by atoms with Crippen molar-refractivity contribution >= 4 is 17.7 Å². The van der Waals surface area contributed by atoms with E-state index in [1.807, 2.05) is 6.07 Å². The average molecular weight is 637 g/mol. The Morgan fingerprint density at radius 3 is 2.33 bits per heavy atom. The molecule has 1 unspecified atom stereocenters. The number of nitrogens with one attached hydrogen (secondary N) is 3. The van der Waals surface area contributed by atoms with Gasteiger partial charge in [0, 0.05) is 26.6 Å². The van der Waals surface area contributed by atoms with Gasteiger partial charge in [0.2, 0.25) is 17.7 Å². The number of nitrogens with zero attached hydrogens (tertiary/aromatic N) is 1. The van der Waals surface area contributed by atoms with E-state index in [-0.39, 0.29) is 24.3 Å². The van der Waals surface area contributed by atoms with Crippen LogP contribution in [0.4, 0.5) is 4.39 Å². The molecule has 2 bridgehead atoms. The fraction of sp³-hybridized carbons (Fsp3) is 0.583. The number of para-hydroxylation sites is 1. The van der Waals surface area contributed by atoms with Gasteiger partial charge in [0.1, 0.15) is 29.8 Å². The molecule has 10 heteroatoms. The summed E-state index contributed by atoms with van der Waals surface area (Å²) >= 11 is 0. The number of carbonyl (C=O) groups excluding carboxylic acids is 3. The molecule has 1 fully saturated rings. The van der Waals surface area contributed by atoms with E-state index in [0.29, 0.717) is 31.5 Å². The lowest BCUT2D eigenvalue weighted by atomic mass is 9.82. The Morgan fingerprint density at radius 1 is 0.935 bits per heavy atom. The molecule has 0 aromatic heterocycles. The standard InChI is InChI=1S/C36H49FN4O5/c1-36(2,45)32-34(43)40-29(21-23-14-17-27(37)18-15-23)33(42)38-20-8-13-25-11-7-12-26-16-19-28(46-31(25)26)22-39-30(35(44)41(32)3)24-9-5-4-6-10-24/h7,11-12,14-15,17-18,24,28-30,32,39,45H,4-6,8-10,13,16,19-22H2,1-3H3,(H,38,42)(H,40,43)/t28?,29-,30+,32-/m1/s1. The second-order valence-electron chi connectivity index (χ2n) is 13.8. The van der Waals surface area contributed by atoms with E-state index in [9.17, 15) is 23.9 Å². The highest BCUT2D eigenvalue weighted by atomic mass is 19.1. The zero-order valence-electron chi connectivity index (χ0n) is 27.3. The van der Waals surface area contributed by atoms with Crippen LogP contribution in [-0.4, -0.2) is 77.7 Å². The van der Waals surface area contributed by atoms with Crippen molar-refractivity contribution in [2.45, 2.75) is 108 Å². The first kappa shape index (κ1) is 33.9. The summed E-state index contributed by atoms with van der Waals surface area (Å²) in [6, 6.07) is 9.15. The van der Waals surface area contributed by atoms with Gasteiger partial charge in [-0.1, -0.05) is 49.6 Å². The van der Waals surface area contributed by atoms with Crippen LogP contribution in [0.25, 0.3) is 0 Å². The van der Waals surface area contributed by atoms with Crippen molar-refractivity contribution in [1.82, 2.24) is 20.9 Å². The first-order valence-electron chi connectivity index (χ1n) is 16.8. The third-order valence-electron chi connectivity index (χ3n) is 9.71. The van der Waals surface area contributed by atoms with Crippen LogP contribution in [0.15, 0.2) is 42.5 Å². The van der Waals surface area contributed by atoms with Crippen LogP contribution < -0.4 is 20.7 Å². The molecule has 0 radical (unpaired) electrons. The van der Waals surface area contributed by atoms with Crippen LogP contribution in [0.3, 0.4) is 0 Å². The molecule has 4 N–H and O–H groups in total. The average Bonchev–Trinajstić information content (AvgIpc) is 3.03. The molecule has 1 aliphatic carbocycles. The van der Waals surface area contributed by atoms with Gasteiger partial charge in [0.05, 0.1) is 11.6 Å². The minimum Gasteiger partial charge on any atom is -0.489 e. The van der Waals surface area contributed by atoms with Gasteiger partial charge >= 0.3 is 0 Å². The number of aliphatic hydroxyl groups is 1. The Hall–Kier alpha value is -3.50. The second kappa shape index (κ2) is 14.9. The Morgan fingerprint density at radius 2 is 1.63 bits per heavy atom. The summed E-state index contributed by atoms with van der Waals surface area (Å²) in [5, 5.41) is 20.6. The fourth-order valence-corrected chi connectivity index (χ4v) is 7.30. The smallest absolute Gasteiger partial charge is 0.246 e. The molecule has 3 amide bonds. The molecule has 4 atom stereocenters. The Labute approximate surface area is 271 Å². The van der Waals surface area contributed by atoms with E-state index in [0.717, 1.165) is 56.3 Å². The minimum atomic E-state index is -1.62. The lowest BCUT2D eigenvalue weighted by molar-refractivity contribution is -0.151. The third kappa shape index (κ3) is 8.25. The van der Waals surface area contributed by atoms with Crippen LogP contribution in [0.5, 0.6) is 5.75 Å². The van der Waals surface area contributed by atoms with Gasteiger partial charge in [-0.25, -0.2) is 4.39 Å². The van der Waals surface area contributed by atoms with Crippen molar-refractivity contribution in [3.05, 3.63) is 65.0 Å². The minimum absolute atomic E-state index is 0.0863. The number of rotatable bonds is 4. The fourth-order valence-electron chi connectivity index (χ4n) is 7.30. The van der Waals surface area contributed by atoms with E-state index in [2.05, 4.69) is 28.1 Å². The predicted octanol–water partition coefficient (Wildman–Crippen LogP) is 3.45. The van der Waals surface area contributed by atoms with Gasteiger partial charge in [-0.15, -0.1) is 0 Å². The summed E-state index contributed by atoms with van der Waals surface area (Å²) < 4.78 is 20.2. The summed E-state index contributed by atoms with van der Waals surface area (Å²) in [6.45, 7) is 3.86. The highest BCUT2D eigenvalue weighted by Crippen LogP contribution is 2.33. The van der Waals surface area contributed by atoms with Crippen molar-refractivity contribution < 1.29 is 28.6 Å². The lowest BCUT2D eigenvalue weighted by Gasteiger charge is -2.40. The molecule has 250 valence electrons. The normalized spacial score (nSPS) is 25.9. The summed E-state index contributed by atoms with van der Waals surface area (Å²) in [7, 11) is 1.55. The van der Waals surface area contributed by atoms with E-state index in [4.69, 9.17) is 4.74 Å². The topological polar surface area (TPSA) is 120 Å². The van der Waals surface area contributed by atoms with E-state index < -0.39 is 41.4 Å². The molecular weight excluding hydrogens is 587 g/mol. The summed E-state index contributed by atoms with van der Waals surface area (Å²) in [5.74, 6) is -0.713. The molecule has 5 rings (SSSR count). The van der Waals surface area contributed by atoms with E-state index >= 15 is 0 Å². The zero-order valence-corrected chi connectivity index (χ0v) is 27.3. The summed E-state index contributed by atoms with van der Waals surface area (Å²) in [4.78, 5) is 43.2. The molecule has 2 aromatic carbocycles. The quantitative estimate of drug-likeness (QED) is 0.408. The summed E-state index contributed by atoms with van der Waals surface area (Å²) in [5.41, 5.74) is 1.30. The Kier molecular flexibility index (Phi) is 11.0. The third-order valence-corrected chi connectivity index (χ3v) is 9.71. The van der Waals surface area contributed by atoms with E-state index in [1.165, 1.54) is 36.4 Å². The molecule has 0 saturated heterocycles. The number of hydrogen-bond acceptors (Lipinski definition) is 6. The molecule has 2 heterocycles. The maximum atomic E-state index is 14.3. The molecular formula is C36H49FN4O5. The maximum absolute atomic E-state index is 14.3. The number of ether oxygens (including phenoxy) is 1. The van der Waals surface area contributed by atoms with Crippen molar-refractivity contribution in [2.24, 2.45) is 5.92 Å². The highest BCUT2D eigenvalue weighted by Gasteiger charge is 2.43. The highest BCUT2D eigenvalue weighted by molar-refractivity contribution is 5.94. The largest absolute Gasteiger partial charge is 0.489 e. The van der Waals surface area contributed by atoms with Crippen LogP contribution >= 0.6 is 0 Å². The SMILES string of the molecule is CN1C(=O)[C@H](C2CCCCC2)NCC2CCc3cccc(c3O2)CCCNC(=O)[C@@H](Cc2ccc(F)cc2)NC(=O)[C@@H]1C(C)(C)O. The summed E-state index contributed by atoms with van der Waals surface area (Å²) in [6.07, 6.45) is 8.06. The maximum Gasteiger partial charge on any atom is 0.246 e. The van der Waals surface area contributed by atoms with Crippen molar-refractivity contribution in [3.63, 3.8) is 0 Å². The number of aryl methyl sites for hydroxylation is 2. The molecule has 0 spiro atoms.